The molecule has 1 N–H and O–H groups in total. The molecule has 0 radical (unpaired) electrons. The van der Waals surface area contributed by atoms with Crippen LogP contribution in [0.1, 0.15) is 26.0 Å². The maximum Gasteiger partial charge on any atom is 0.240 e. The first kappa shape index (κ1) is 12.3. The highest BCUT2D eigenvalue weighted by atomic mass is 16.2. The second-order valence-corrected chi connectivity index (χ2v) is 4.09. The van der Waals surface area contributed by atoms with Gasteiger partial charge in [0.05, 0.1) is 12.6 Å². The molecule has 4 heteroatoms. The lowest BCUT2D eigenvalue weighted by molar-refractivity contribution is -0.127. The third-order valence-electron chi connectivity index (χ3n) is 2.94. The zero-order valence-corrected chi connectivity index (χ0v) is 9.95. The maximum absolute atomic E-state index is 11.8. The van der Waals surface area contributed by atoms with Gasteiger partial charge in [-0.1, -0.05) is 6.92 Å². The molecule has 0 saturated heterocycles. The van der Waals surface area contributed by atoms with E-state index >= 15 is 0 Å². The fraction of sp³-hybridized carbons (Fsp3) is 0.500. The number of rotatable bonds is 4. The van der Waals surface area contributed by atoms with Gasteiger partial charge in [-0.2, -0.15) is 5.26 Å². The van der Waals surface area contributed by atoms with Gasteiger partial charge < -0.3 is 9.88 Å². The van der Waals surface area contributed by atoms with Crippen LogP contribution in [0.5, 0.6) is 0 Å². The molecule has 1 amide bonds. The van der Waals surface area contributed by atoms with Crippen molar-refractivity contribution in [1.29, 1.82) is 5.26 Å². The molecule has 0 saturated carbocycles. The summed E-state index contributed by atoms with van der Waals surface area (Å²) >= 11 is 0. The van der Waals surface area contributed by atoms with Crippen LogP contribution in [-0.2, 0) is 18.4 Å². The molecule has 1 aromatic heterocycles. The minimum Gasteiger partial charge on any atom is -0.353 e. The highest BCUT2D eigenvalue weighted by molar-refractivity contribution is 5.84. The van der Waals surface area contributed by atoms with Crippen molar-refractivity contribution in [3.63, 3.8) is 0 Å². The Labute approximate surface area is 95.9 Å². The first-order chi connectivity index (χ1) is 7.53. The van der Waals surface area contributed by atoms with E-state index in [2.05, 4.69) is 11.4 Å². The number of hydrogen-bond donors (Lipinski definition) is 1. The molecule has 1 unspecified atom stereocenters. The van der Waals surface area contributed by atoms with Crippen LogP contribution in [0.15, 0.2) is 18.3 Å². The average Bonchev–Trinajstić information content (AvgIpc) is 2.70. The molecule has 1 aromatic rings. The topological polar surface area (TPSA) is 57.8 Å². The summed E-state index contributed by atoms with van der Waals surface area (Å²) in [5.74, 6) is -0.210. The minimum absolute atomic E-state index is 0.210. The zero-order chi connectivity index (χ0) is 12.2. The van der Waals surface area contributed by atoms with Gasteiger partial charge in [0.1, 0.15) is 5.41 Å². The highest BCUT2D eigenvalue weighted by Gasteiger charge is 2.30. The molecule has 0 aliphatic carbocycles. The standard InChI is InChI=1S/C12H17N3O/c1-4-12(2,9-13)11(16)14-8-10-6-5-7-15(10)3/h5-7H,4,8H2,1-3H3,(H,14,16). The molecule has 0 spiro atoms. The Balaban J connectivity index is 2.61. The highest BCUT2D eigenvalue weighted by Crippen LogP contribution is 2.19. The van der Waals surface area contributed by atoms with Crippen molar-refractivity contribution in [3.05, 3.63) is 24.0 Å². The third-order valence-corrected chi connectivity index (χ3v) is 2.94. The summed E-state index contributed by atoms with van der Waals surface area (Å²) in [6.45, 7) is 3.96. The van der Waals surface area contributed by atoms with E-state index in [0.29, 0.717) is 13.0 Å². The van der Waals surface area contributed by atoms with Gasteiger partial charge in [-0.05, 0) is 25.5 Å². The van der Waals surface area contributed by atoms with Gasteiger partial charge in [0.25, 0.3) is 0 Å². The van der Waals surface area contributed by atoms with Crippen LogP contribution in [-0.4, -0.2) is 10.5 Å². The first-order valence-electron chi connectivity index (χ1n) is 5.33. The number of carbonyl (C=O) groups excluding carboxylic acids is 1. The zero-order valence-electron chi connectivity index (χ0n) is 9.95. The first-order valence-corrected chi connectivity index (χ1v) is 5.33. The number of carbonyl (C=O) groups is 1. The number of nitrogens with zero attached hydrogens (tertiary/aromatic N) is 2. The molecule has 4 nitrogen and oxygen atoms in total. The van der Waals surface area contributed by atoms with Gasteiger partial charge in [-0.25, -0.2) is 0 Å². The van der Waals surface area contributed by atoms with E-state index < -0.39 is 5.41 Å². The van der Waals surface area contributed by atoms with Gasteiger partial charge >= 0.3 is 0 Å². The predicted octanol–water partition coefficient (Wildman–Crippen LogP) is 1.58. The molecule has 0 aliphatic rings. The second-order valence-electron chi connectivity index (χ2n) is 4.09. The van der Waals surface area contributed by atoms with Crippen molar-refractivity contribution in [2.45, 2.75) is 26.8 Å². The van der Waals surface area contributed by atoms with Gasteiger partial charge in [-0.15, -0.1) is 0 Å². The van der Waals surface area contributed by atoms with Crippen molar-refractivity contribution in [2.24, 2.45) is 12.5 Å². The van der Waals surface area contributed by atoms with Crippen molar-refractivity contribution in [2.75, 3.05) is 0 Å². The molecular weight excluding hydrogens is 202 g/mol. The Hall–Kier alpha value is -1.76. The van der Waals surface area contributed by atoms with Crippen LogP contribution in [0, 0.1) is 16.7 Å². The largest absolute Gasteiger partial charge is 0.353 e. The van der Waals surface area contributed by atoms with Gasteiger partial charge in [0, 0.05) is 18.9 Å². The van der Waals surface area contributed by atoms with E-state index in [-0.39, 0.29) is 5.91 Å². The maximum atomic E-state index is 11.8. The lowest BCUT2D eigenvalue weighted by Gasteiger charge is -2.18. The Kier molecular flexibility index (Phi) is 3.73. The fourth-order valence-electron chi connectivity index (χ4n) is 1.34. The molecular formula is C12H17N3O. The van der Waals surface area contributed by atoms with E-state index in [1.165, 1.54) is 0 Å². The summed E-state index contributed by atoms with van der Waals surface area (Å²) in [7, 11) is 1.92. The summed E-state index contributed by atoms with van der Waals surface area (Å²) < 4.78 is 1.94. The fourth-order valence-corrected chi connectivity index (χ4v) is 1.34. The lowest BCUT2D eigenvalue weighted by atomic mass is 9.88. The molecule has 1 heterocycles. The van der Waals surface area contributed by atoms with Gasteiger partial charge in [-0.3, -0.25) is 4.79 Å². The van der Waals surface area contributed by atoms with Crippen LogP contribution in [0.3, 0.4) is 0 Å². The molecule has 0 bridgehead atoms. The molecule has 1 rings (SSSR count). The van der Waals surface area contributed by atoms with Crippen LogP contribution in [0.4, 0.5) is 0 Å². The number of hydrogen-bond acceptors (Lipinski definition) is 2. The van der Waals surface area contributed by atoms with Crippen LogP contribution < -0.4 is 5.32 Å². The van der Waals surface area contributed by atoms with E-state index in [1.54, 1.807) is 6.92 Å². The lowest BCUT2D eigenvalue weighted by Crippen LogP contribution is -2.37. The van der Waals surface area contributed by atoms with Gasteiger partial charge in [0.2, 0.25) is 5.91 Å². The van der Waals surface area contributed by atoms with Crippen LogP contribution in [0.2, 0.25) is 0 Å². The minimum atomic E-state index is -0.925. The van der Waals surface area contributed by atoms with Crippen molar-refractivity contribution in [1.82, 2.24) is 9.88 Å². The molecule has 0 fully saturated rings. The second kappa shape index (κ2) is 4.84. The Bertz CT molecular complexity index is 416. The molecule has 16 heavy (non-hydrogen) atoms. The van der Waals surface area contributed by atoms with E-state index in [4.69, 9.17) is 5.26 Å². The summed E-state index contributed by atoms with van der Waals surface area (Å²) in [4.78, 5) is 11.8. The number of nitriles is 1. The molecule has 0 aromatic carbocycles. The normalized spacial score (nSPS) is 13.9. The van der Waals surface area contributed by atoms with Crippen molar-refractivity contribution >= 4 is 5.91 Å². The SMILES string of the molecule is CCC(C)(C#N)C(=O)NCc1cccn1C. The number of amides is 1. The monoisotopic (exact) mass is 219 g/mol. The van der Waals surface area contributed by atoms with Gasteiger partial charge in [0.15, 0.2) is 0 Å². The summed E-state index contributed by atoms with van der Waals surface area (Å²) in [6, 6.07) is 5.92. The summed E-state index contributed by atoms with van der Waals surface area (Å²) in [5.41, 5.74) is 0.0928. The number of aryl methyl sites for hydroxylation is 1. The summed E-state index contributed by atoms with van der Waals surface area (Å²) in [5, 5.41) is 11.7. The van der Waals surface area contributed by atoms with Crippen LogP contribution >= 0.6 is 0 Å². The summed E-state index contributed by atoms with van der Waals surface area (Å²) in [6.07, 6.45) is 2.44. The van der Waals surface area contributed by atoms with E-state index in [9.17, 15) is 4.79 Å². The molecule has 0 aliphatic heterocycles. The average molecular weight is 219 g/mol. The van der Waals surface area contributed by atoms with E-state index in [1.807, 2.05) is 36.9 Å². The smallest absolute Gasteiger partial charge is 0.240 e. The third kappa shape index (κ3) is 2.43. The quantitative estimate of drug-likeness (QED) is 0.835. The van der Waals surface area contributed by atoms with Crippen molar-refractivity contribution in [3.8, 4) is 6.07 Å². The molecule has 1 atom stereocenters. The number of aromatic nitrogens is 1. The Morgan fingerprint density at radius 3 is 2.81 bits per heavy atom. The Morgan fingerprint density at radius 2 is 2.38 bits per heavy atom. The Morgan fingerprint density at radius 1 is 1.69 bits per heavy atom. The molecule has 86 valence electrons. The number of nitrogens with one attached hydrogen (secondary N) is 1. The van der Waals surface area contributed by atoms with Crippen LogP contribution in [0.25, 0.3) is 0 Å². The van der Waals surface area contributed by atoms with E-state index in [0.717, 1.165) is 5.69 Å². The van der Waals surface area contributed by atoms with Crippen molar-refractivity contribution < 1.29 is 4.79 Å². The predicted molar refractivity (Wildman–Crippen MR) is 61.3 cm³/mol.